The average molecular weight is 290 g/mol. The van der Waals surface area contributed by atoms with Gasteiger partial charge in [0.15, 0.2) is 0 Å². The summed E-state index contributed by atoms with van der Waals surface area (Å²) >= 11 is 1.93. The zero-order valence-corrected chi connectivity index (χ0v) is 13.0. The van der Waals surface area contributed by atoms with Crippen molar-refractivity contribution in [3.8, 4) is 5.75 Å². The fourth-order valence-corrected chi connectivity index (χ4v) is 2.84. The Bertz CT molecular complexity index is 552. The van der Waals surface area contributed by atoms with Gasteiger partial charge < -0.3 is 9.84 Å². The van der Waals surface area contributed by atoms with Crippen LogP contribution in [-0.2, 0) is 0 Å². The molecule has 1 atom stereocenters. The van der Waals surface area contributed by atoms with Crippen LogP contribution < -0.4 is 4.74 Å². The maximum atomic E-state index is 9.92. The summed E-state index contributed by atoms with van der Waals surface area (Å²) in [4.78, 5) is 0. The lowest BCUT2D eigenvalue weighted by Crippen LogP contribution is -2.04. The number of thioether (sulfide) groups is 1. The van der Waals surface area contributed by atoms with Gasteiger partial charge in [-0.2, -0.15) is 11.8 Å². The number of aliphatic hydroxyl groups is 1. The lowest BCUT2D eigenvalue weighted by molar-refractivity contribution is 0.192. The molecular weight excluding hydrogens is 268 g/mol. The summed E-state index contributed by atoms with van der Waals surface area (Å²) in [6, 6.07) is 12.2. The van der Waals surface area contributed by atoms with E-state index in [2.05, 4.69) is 19.1 Å². The second kappa shape index (κ2) is 7.55. The fraction of sp³-hybridized carbons (Fsp3) is 0.412. The topological polar surface area (TPSA) is 29.5 Å². The van der Waals surface area contributed by atoms with Crippen molar-refractivity contribution in [3.63, 3.8) is 0 Å². The Labute approximate surface area is 125 Å². The van der Waals surface area contributed by atoms with Gasteiger partial charge in [0.1, 0.15) is 5.75 Å². The first-order chi connectivity index (χ1) is 9.74. The first-order valence-electron chi connectivity index (χ1n) is 7.14. The summed E-state index contributed by atoms with van der Waals surface area (Å²) in [5.74, 6) is 3.10. The van der Waals surface area contributed by atoms with Crippen LogP contribution >= 0.6 is 11.8 Å². The second-order valence-corrected chi connectivity index (χ2v) is 6.17. The van der Waals surface area contributed by atoms with Crippen LogP contribution in [0.25, 0.3) is 10.8 Å². The summed E-state index contributed by atoms with van der Waals surface area (Å²) < 4.78 is 5.98. The number of rotatable bonds is 7. The molecule has 2 rings (SSSR count). The Hall–Kier alpha value is -1.19. The van der Waals surface area contributed by atoms with Gasteiger partial charge in [0.05, 0.1) is 12.7 Å². The molecule has 3 heteroatoms. The number of aliphatic hydroxyl groups excluding tert-OH is 1. The molecule has 0 spiro atoms. The van der Waals surface area contributed by atoms with Gasteiger partial charge in [-0.05, 0) is 30.2 Å². The first-order valence-corrected chi connectivity index (χ1v) is 8.29. The second-order valence-electron chi connectivity index (χ2n) is 4.78. The monoisotopic (exact) mass is 290 g/mol. The van der Waals surface area contributed by atoms with Gasteiger partial charge >= 0.3 is 0 Å². The van der Waals surface area contributed by atoms with Crippen molar-refractivity contribution in [2.45, 2.75) is 26.4 Å². The number of hydrogen-bond acceptors (Lipinski definition) is 3. The lowest BCUT2D eigenvalue weighted by atomic mass is 10.0. The van der Waals surface area contributed by atoms with Crippen LogP contribution in [-0.4, -0.2) is 23.2 Å². The van der Waals surface area contributed by atoms with E-state index in [1.165, 1.54) is 0 Å². The zero-order valence-electron chi connectivity index (χ0n) is 12.1. The number of hydrogen-bond donors (Lipinski definition) is 1. The molecular formula is C17H22O2S. The largest absolute Gasteiger partial charge is 0.493 e. The van der Waals surface area contributed by atoms with Crippen LogP contribution in [0.3, 0.4) is 0 Å². The van der Waals surface area contributed by atoms with E-state index in [1.807, 2.05) is 36.0 Å². The predicted octanol–water partition coefficient (Wildman–Crippen LogP) is 4.42. The van der Waals surface area contributed by atoms with Gasteiger partial charge in [0.25, 0.3) is 0 Å². The van der Waals surface area contributed by atoms with Crippen molar-refractivity contribution >= 4 is 22.5 Å². The standard InChI is InChI=1S/C17H22O2S/c1-3-20-12-6-11-19-17-15(13(2)18)10-9-14-7-4-5-8-16(14)17/h4-5,7-10,13,18H,3,6,11-12H2,1-2H3/t13-/m1/s1. The molecule has 0 saturated carbocycles. The molecule has 0 unspecified atom stereocenters. The minimum absolute atomic E-state index is 0.514. The molecule has 0 fully saturated rings. The van der Waals surface area contributed by atoms with Crippen molar-refractivity contribution in [1.82, 2.24) is 0 Å². The van der Waals surface area contributed by atoms with E-state index in [0.717, 1.165) is 40.0 Å². The molecule has 0 amide bonds. The molecule has 1 N–H and O–H groups in total. The molecule has 0 heterocycles. The van der Waals surface area contributed by atoms with E-state index < -0.39 is 6.10 Å². The molecule has 108 valence electrons. The van der Waals surface area contributed by atoms with Crippen LogP contribution in [0.5, 0.6) is 5.75 Å². The number of fused-ring (bicyclic) bond motifs is 1. The SMILES string of the molecule is CCSCCCOc1c([C@@H](C)O)ccc2ccccc12. The van der Waals surface area contributed by atoms with E-state index in [1.54, 1.807) is 6.92 Å². The average Bonchev–Trinajstić information content (AvgIpc) is 2.46. The Balaban J connectivity index is 2.21. The van der Waals surface area contributed by atoms with Gasteiger partial charge in [-0.15, -0.1) is 0 Å². The minimum atomic E-state index is -0.514. The molecule has 0 bridgehead atoms. The van der Waals surface area contributed by atoms with Crippen LogP contribution in [0.4, 0.5) is 0 Å². The first kappa shape index (κ1) is 15.2. The van der Waals surface area contributed by atoms with E-state index in [-0.39, 0.29) is 0 Å². The highest BCUT2D eigenvalue weighted by atomic mass is 32.2. The molecule has 2 aromatic rings. The summed E-state index contributed by atoms with van der Waals surface area (Å²) in [5, 5.41) is 12.1. The lowest BCUT2D eigenvalue weighted by Gasteiger charge is -2.16. The Morgan fingerprint density at radius 2 is 2.00 bits per heavy atom. The number of benzene rings is 2. The molecule has 0 aliphatic rings. The molecule has 0 saturated heterocycles. The van der Waals surface area contributed by atoms with E-state index in [0.29, 0.717) is 6.61 Å². The van der Waals surface area contributed by atoms with E-state index in [4.69, 9.17) is 4.74 Å². The molecule has 20 heavy (non-hydrogen) atoms. The quantitative estimate of drug-likeness (QED) is 0.766. The highest BCUT2D eigenvalue weighted by molar-refractivity contribution is 7.99. The van der Waals surface area contributed by atoms with Gasteiger partial charge in [0.2, 0.25) is 0 Å². The third-order valence-electron chi connectivity index (χ3n) is 3.24. The fourth-order valence-electron chi connectivity index (χ4n) is 2.23. The highest BCUT2D eigenvalue weighted by Gasteiger charge is 2.12. The zero-order chi connectivity index (χ0) is 14.4. The summed E-state index contributed by atoms with van der Waals surface area (Å²) in [6.07, 6.45) is 0.515. The predicted molar refractivity (Wildman–Crippen MR) is 87.7 cm³/mol. The molecule has 2 nitrogen and oxygen atoms in total. The molecule has 2 aromatic carbocycles. The summed E-state index contributed by atoms with van der Waals surface area (Å²) in [6.45, 7) is 4.65. The smallest absolute Gasteiger partial charge is 0.132 e. The third-order valence-corrected chi connectivity index (χ3v) is 4.23. The van der Waals surface area contributed by atoms with Crippen molar-refractivity contribution < 1.29 is 9.84 Å². The van der Waals surface area contributed by atoms with Crippen LogP contribution in [0.1, 0.15) is 31.9 Å². The van der Waals surface area contributed by atoms with E-state index >= 15 is 0 Å². The van der Waals surface area contributed by atoms with Crippen LogP contribution in [0.15, 0.2) is 36.4 Å². The molecule has 0 aliphatic heterocycles. The Morgan fingerprint density at radius 3 is 2.75 bits per heavy atom. The van der Waals surface area contributed by atoms with Crippen molar-refractivity contribution in [2.24, 2.45) is 0 Å². The minimum Gasteiger partial charge on any atom is -0.493 e. The van der Waals surface area contributed by atoms with Gasteiger partial charge in [-0.1, -0.05) is 43.3 Å². The van der Waals surface area contributed by atoms with Crippen LogP contribution in [0, 0.1) is 0 Å². The van der Waals surface area contributed by atoms with Crippen molar-refractivity contribution in [3.05, 3.63) is 42.0 Å². The normalized spacial score (nSPS) is 12.6. The van der Waals surface area contributed by atoms with Crippen molar-refractivity contribution in [1.29, 1.82) is 0 Å². The number of ether oxygens (including phenoxy) is 1. The third kappa shape index (κ3) is 3.68. The van der Waals surface area contributed by atoms with E-state index in [9.17, 15) is 5.11 Å². The van der Waals surface area contributed by atoms with Gasteiger partial charge in [-0.25, -0.2) is 0 Å². The highest BCUT2D eigenvalue weighted by Crippen LogP contribution is 2.33. The molecule has 0 aliphatic carbocycles. The summed E-state index contributed by atoms with van der Waals surface area (Å²) in [5.41, 5.74) is 0.867. The van der Waals surface area contributed by atoms with Crippen LogP contribution in [0.2, 0.25) is 0 Å². The Morgan fingerprint density at radius 1 is 1.20 bits per heavy atom. The molecule has 0 aromatic heterocycles. The Kier molecular flexibility index (Phi) is 5.74. The van der Waals surface area contributed by atoms with Crippen molar-refractivity contribution in [2.75, 3.05) is 18.1 Å². The molecule has 0 radical (unpaired) electrons. The summed E-state index contributed by atoms with van der Waals surface area (Å²) in [7, 11) is 0. The van der Waals surface area contributed by atoms with Gasteiger partial charge in [-0.3, -0.25) is 0 Å². The maximum Gasteiger partial charge on any atom is 0.132 e. The van der Waals surface area contributed by atoms with Gasteiger partial charge in [0, 0.05) is 10.9 Å². The maximum absolute atomic E-state index is 9.92.